The highest BCUT2D eigenvalue weighted by molar-refractivity contribution is 14.1. The van der Waals surface area contributed by atoms with Crippen molar-refractivity contribution in [1.82, 2.24) is 10.3 Å². The minimum absolute atomic E-state index is 0.558. The Morgan fingerprint density at radius 1 is 1.62 bits per heavy atom. The van der Waals surface area contributed by atoms with E-state index in [0.29, 0.717) is 11.7 Å². The molecule has 3 nitrogen and oxygen atoms in total. The second-order valence-corrected chi connectivity index (χ2v) is 4.56. The quantitative estimate of drug-likeness (QED) is 0.767. The summed E-state index contributed by atoms with van der Waals surface area (Å²) in [6.45, 7) is 2.13. The highest BCUT2D eigenvalue weighted by atomic mass is 127. The number of nitrogens with one attached hydrogen (secondary N) is 1. The Morgan fingerprint density at radius 3 is 3.15 bits per heavy atom. The number of halogens is 1. The molecule has 70 valence electrons. The van der Waals surface area contributed by atoms with Crippen LogP contribution in [-0.4, -0.2) is 18.1 Å². The van der Waals surface area contributed by atoms with E-state index in [2.05, 4.69) is 39.0 Å². The molecule has 1 unspecified atom stereocenters. The molecule has 1 atom stereocenters. The zero-order chi connectivity index (χ0) is 9.26. The summed E-state index contributed by atoms with van der Waals surface area (Å²) in [5, 5.41) is 3.33. The number of pyridine rings is 1. The van der Waals surface area contributed by atoms with Gasteiger partial charge < -0.3 is 11.1 Å². The van der Waals surface area contributed by atoms with Gasteiger partial charge in [-0.25, -0.2) is 4.98 Å². The van der Waals surface area contributed by atoms with Crippen molar-refractivity contribution in [2.24, 2.45) is 0 Å². The van der Waals surface area contributed by atoms with Crippen LogP contribution in [-0.2, 0) is 0 Å². The number of nitrogens with two attached hydrogens (primary N) is 1. The molecule has 0 spiro atoms. The Hall–Kier alpha value is -0.360. The molecule has 2 heterocycles. The molecule has 1 saturated heterocycles. The van der Waals surface area contributed by atoms with E-state index in [-0.39, 0.29) is 0 Å². The highest BCUT2D eigenvalue weighted by Gasteiger charge is 2.19. The van der Waals surface area contributed by atoms with Crippen molar-refractivity contribution < 1.29 is 0 Å². The van der Waals surface area contributed by atoms with Gasteiger partial charge in [-0.1, -0.05) is 0 Å². The summed E-state index contributed by atoms with van der Waals surface area (Å²) in [5.41, 5.74) is 7.03. The third-order valence-corrected chi connectivity index (χ3v) is 3.01. The van der Waals surface area contributed by atoms with Gasteiger partial charge in [0.05, 0.1) is 0 Å². The van der Waals surface area contributed by atoms with E-state index in [0.717, 1.165) is 16.7 Å². The smallest absolute Gasteiger partial charge is 0.126 e. The molecule has 1 aliphatic heterocycles. The fourth-order valence-corrected chi connectivity index (χ4v) is 2.19. The maximum atomic E-state index is 5.83. The van der Waals surface area contributed by atoms with Crippen LogP contribution in [0.1, 0.15) is 17.9 Å². The van der Waals surface area contributed by atoms with Gasteiger partial charge in [-0.05, 0) is 47.2 Å². The number of rotatable bonds is 1. The van der Waals surface area contributed by atoms with Crippen molar-refractivity contribution in [3.8, 4) is 0 Å². The fraction of sp³-hybridized carbons (Fsp3) is 0.444. The molecule has 1 aliphatic rings. The molecule has 0 bridgehead atoms. The maximum Gasteiger partial charge on any atom is 0.126 e. The molecule has 4 heteroatoms. The molecule has 2 rings (SSSR count). The lowest BCUT2D eigenvalue weighted by Gasteiger charge is -2.10. The summed E-state index contributed by atoms with van der Waals surface area (Å²) in [5.74, 6) is 1.25. The SMILES string of the molecule is Nc1ncc(I)cc1C1CCNC1. The Kier molecular flexibility index (Phi) is 2.69. The molecular formula is C9H12IN3. The molecule has 0 amide bonds. The largest absolute Gasteiger partial charge is 0.383 e. The monoisotopic (exact) mass is 289 g/mol. The van der Waals surface area contributed by atoms with E-state index in [1.54, 1.807) is 0 Å². The lowest BCUT2D eigenvalue weighted by Crippen LogP contribution is -2.10. The van der Waals surface area contributed by atoms with Crippen molar-refractivity contribution in [2.75, 3.05) is 18.8 Å². The number of nitrogen functional groups attached to an aromatic ring is 1. The number of anilines is 1. The van der Waals surface area contributed by atoms with Crippen molar-refractivity contribution in [2.45, 2.75) is 12.3 Å². The first-order chi connectivity index (χ1) is 6.27. The number of aromatic nitrogens is 1. The molecule has 0 saturated carbocycles. The van der Waals surface area contributed by atoms with Crippen molar-refractivity contribution in [3.05, 3.63) is 21.4 Å². The van der Waals surface area contributed by atoms with Gasteiger partial charge >= 0.3 is 0 Å². The summed E-state index contributed by atoms with van der Waals surface area (Å²) in [6, 6.07) is 2.14. The lowest BCUT2D eigenvalue weighted by molar-refractivity contribution is 0.761. The normalized spacial score (nSPS) is 22.1. The molecule has 3 N–H and O–H groups in total. The lowest BCUT2D eigenvalue weighted by atomic mass is 9.99. The van der Waals surface area contributed by atoms with Crippen LogP contribution in [0.4, 0.5) is 5.82 Å². The average molecular weight is 289 g/mol. The Labute approximate surface area is 91.3 Å². The van der Waals surface area contributed by atoms with Crippen LogP contribution in [0.2, 0.25) is 0 Å². The summed E-state index contributed by atoms with van der Waals surface area (Å²) in [7, 11) is 0. The van der Waals surface area contributed by atoms with E-state index in [1.165, 1.54) is 12.0 Å². The van der Waals surface area contributed by atoms with Crippen LogP contribution < -0.4 is 11.1 Å². The van der Waals surface area contributed by atoms with Gasteiger partial charge in [0.1, 0.15) is 5.82 Å². The van der Waals surface area contributed by atoms with Crippen LogP contribution in [0.5, 0.6) is 0 Å². The van der Waals surface area contributed by atoms with E-state index >= 15 is 0 Å². The average Bonchev–Trinajstić information content (AvgIpc) is 2.61. The molecule has 0 aliphatic carbocycles. The van der Waals surface area contributed by atoms with Gasteiger partial charge in [-0.15, -0.1) is 0 Å². The van der Waals surface area contributed by atoms with Gasteiger partial charge in [0.15, 0.2) is 0 Å². The Bertz CT molecular complexity index is 308. The minimum Gasteiger partial charge on any atom is -0.383 e. The summed E-state index contributed by atoms with van der Waals surface area (Å²) >= 11 is 2.27. The molecule has 1 aromatic heterocycles. The van der Waals surface area contributed by atoms with Gasteiger partial charge in [0.25, 0.3) is 0 Å². The number of hydrogen-bond donors (Lipinski definition) is 2. The standard InChI is InChI=1S/C9H12IN3/c10-7-3-8(9(11)13-5-7)6-1-2-12-4-6/h3,5-6,12H,1-2,4H2,(H2,11,13). The van der Waals surface area contributed by atoms with Crippen molar-refractivity contribution >= 4 is 28.4 Å². The second-order valence-electron chi connectivity index (χ2n) is 3.32. The van der Waals surface area contributed by atoms with Crippen LogP contribution in [0.25, 0.3) is 0 Å². The zero-order valence-electron chi connectivity index (χ0n) is 7.26. The first-order valence-electron chi connectivity index (χ1n) is 4.39. The van der Waals surface area contributed by atoms with E-state index in [4.69, 9.17) is 5.73 Å². The summed E-state index contributed by atoms with van der Waals surface area (Å²) in [6.07, 6.45) is 2.98. The molecular weight excluding hydrogens is 277 g/mol. The van der Waals surface area contributed by atoms with Gasteiger partial charge in [0, 0.05) is 22.2 Å². The van der Waals surface area contributed by atoms with Crippen LogP contribution in [0, 0.1) is 3.57 Å². The third kappa shape index (κ3) is 1.94. The number of hydrogen-bond acceptors (Lipinski definition) is 3. The van der Waals surface area contributed by atoms with Gasteiger partial charge in [-0.3, -0.25) is 0 Å². The molecule has 13 heavy (non-hydrogen) atoms. The predicted molar refractivity (Wildman–Crippen MR) is 61.6 cm³/mol. The van der Waals surface area contributed by atoms with Crippen molar-refractivity contribution in [1.29, 1.82) is 0 Å². The van der Waals surface area contributed by atoms with Crippen molar-refractivity contribution in [3.63, 3.8) is 0 Å². The van der Waals surface area contributed by atoms with E-state index in [1.807, 2.05) is 6.20 Å². The Morgan fingerprint density at radius 2 is 2.46 bits per heavy atom. The second kappa shape index (κ2) is 3.79. The van der Waals surface area contributed by atoms with Gasteiger partial charge in [0.2, 0.25) is 0 Å². The third-order valence-electron chi connectivity index (χ3n) is 2.42. The van der Waals surface area contributed by atoms with Crippen LogP contribution in [0.3, 0.4) is 0 Å². The molecule has 0 radical (unpaired) electrons. The topological polar surface area (TPSA) is 50.9 Å². The van der Waals surface area contributed by atoms with Crippen LogP contribution in [0.15, 0.2) is 12.3 Å². The number of nitrogens with zero attached hydrogens (tertiary/aromatic N) is 1. The summed E-state index contributed by atoms with van der Waals surface area (Å²) < 4.78 is 1.16. The minimum atomic E-state index is 0.558. The van der Waals surface area contributed by atoms with E-state index < -0.39 is 0 Å². The molecule has 0 aromatic carbocycles. The first kappa shape index (κ1) is 9.21. The Balaban J connectivity index is 2.32. The van der Waals surface area contributed by atoms with E-state index in [9.17, 15) is 0 Å². The first-order valence-corrected chi connectivity index (χ1v) is 5.47. The maximum absolute atomic E-state index is 5.83. The van der Waals surface area contributed by atoms with Gasteiger partial charge in [-0.2, -0.15) is 0 Å². The molecule has 1 fully saturated rings. The zero-order valence-corrected chi connectivity index (χ0v) is 9.41. The van der Waals surface area contributed by atoms with Crippen LogP contribution >= 0.6 is 22.6 Å². The fourth-order valence-electron chi connectivity index (χ4n) is 1.71. The summed E-state index contributed by atoms with van der Waals surface area (Å²) in [4.78, 5) is 4.17. The highest BCUT2D eigenvalue weighted by Crippen LogP contribution is 2.26. The molecule has 1 aromatic rings. The predicted octanol–water partition coefficient (Wildman–Crippen LogP) is 1.35.